The number of carbonyl (C=O) groups excluding carboxylic acids is 2. The van der Waals surface area contributed by atoms with Gasteiger partial charge in [-0.15, -0.1) is 0 Å². The van der Waals surface area contributed by atoms with E-state index in [1.807, 2.05) is 30.0 Å². The van der Waals surface area contributed by atoms with Crippen molar-refractivity contribution in [3.05, 3.63) is 89.0 Å². The minimum Gasteiger partial charge on any atom is -0.497 e. The number of hydrogen-bond donors (Lipinski definition) is 1. The summed E-state index contributed by atoms with van der Waals surface area (Å²) in [7, 11) is 1.60. The number of hydrogen-bond acceptors (Lipinski definition) is 4. The third-order valence-corrected chi connectivity index (χ3v) is 6.11. The van der Waals surface area contributed by atoms with E-state index in [1.165, 1.54) is 11.1 Å². The largest absolute Gasteiger partial charge is 0.497 e. The predicted molar refractivity (Wildman–Crippen MR) is 132 cm³/mol. The number of amides is 2. The number of ether oxygens (including phenoxy) is 2. The lowest BCUT2D eigenvalue weighted by molar-refractivity contribution is -0.132. The van der Waals surface area contributed by atoms with Crippen LogP contribution in [0.3, 0.4) is 0 Å². The molecule has 0 bridgehead atoms. The van der Waals surface area contributed by atoms with Gasteiger partial charge in [0.15, 0.2) is 6.61 Å². The fraction of sp³-hybridized carbons (Fsp3) is 0.286. The van der Waals surface area contributed by atoms with Crippen LogP contribution in [-0.2, 0) is 16.0 Å². The van der Waals surface area contributed by atoms with E-state index < -0.39 is 0 Å². The van der Waals surface area contributed by atoms with Crippen molar-refractivity contribution in [2.24, 2.45) is 0 Å². The first-order valence-electron chi connectivity index (χ1n) is 11.5. The molecule has 0 radical (unpaired) electrons. The molecule has 0 fully saturated rings. The predicted octanol–water partition coefficient (Wildman–Crippen LogP) is 4.91. The van der Waals surface area contributed by atoms with Crippen molar-refractivity contribution in [2.45, 2.75) is 32.7 Å². The maximum atomic E-state index is 12.8. The lowest BCUT2D eigenvalue weighted by Gasteiger charge is -2.38. The average molecular weight is 459 g/mol. The van der Waals surface area contributed by atoms with Crippen molar-refractivity contribution in [3.8, 4) is 11.5 Å². The van der Waals surface area contributed by atoms with Crippen molar-refractivity contribution < 1.29 is 19.1 Å². The highest BCUT2D eigenvalue weighted by Crippen LogP contribution is 2.37. The molecule has 3 aromatic carbocycles. The molecule has 6 nitrogen and oxygen atoms in total. The molecule has 1 heterocycles. The average Bonchev–Trinajstić information content (AvgIpc) is 2.87. The van der Waals surface area contributed by atoms with Gasteiger partial charge < -0.3 is 19.7 Å². The summed E-state index contributed by atoms with van der Waals surface area (Å²) in [6, 6.07) is 21.2. The lowest BCUT2D eigenvalue weighted by atomic mass is 9.87. The van der Waals surface area contributed by atoms with Gasteiger partial charge in [-0.1, -0.05) is 42.8 Å². The van der Waals surface area contributed by atoms with Crippen molar-refractivity contribution in [1.29, 1.82) is 0 Å². The van der Waals surface area contributed by atoms with E-state index in [9.17, 15) is 9.59 Å². The standard InChI is InChI=1S/C28H30N2O4/c1-4-27(32)30-16-15-20-9-12-24(17-25(20)28(30)21-7-5-19(2)6-8-21)34-18-26(31)29-22-10-13-23(33-3)14-11-22/h5-14,17,28H,4,15-16,18H2,1-3H3,(H,29,31). The molecular formula is C28H30N2O4. The van der Waals surface area contributed by atoms with Crippen LogP contribution in [0.1, 0.15) is 41.6 Å². The Morgan fingerprint density at radius 1 is 1.00 bits per heavy atom. The molecule has 1 aliphatic heterocycles. The molecule has 3 aromatic rings. The minimum atomic E-state index is -0.249. The van der Waals surface area contributed by atoms with Gasteiger partial charge in [-0.05, 0) is 66.4 Å². The number of nitrogens with one attached hydrogen (secondary N) is 1. The Kier molecular flexibility index (Phi) is 7.16. The molecule has 0 spiro atoms. The van der Waals surface area contributed by atoms with E-state index in [2.05, 4.69) is 36.5 Å². The minimum absolute atomic E-state index is 0.113. The molecule has 0 aliphatic carbocycles. The van der Waals surface area contributed by atoms with Crippen LogP contribution in [0.5, 0.6) is 11.5 Å². The van der Waals surface area contributed by atoms with Gasteiger partial charge >= 0.3 is 0 Å². The summed E-state index contributed by atoms with van der Waals surface area (Å²) < 4.78 is 11.0. The highest BCUT2D eigenvalue weighted by molar-refractivity contribution is 5.91. The van der Waals surface area contributed by atoms with Gasteiger partial charge in [0.25, 0.3) is 5.91 Å². The highest BCUT2D eigenvalue weighted by atomic mass is 16.5. The molecule has 1 aliphatic rings. The summed E-state index contributed by atoms with van der Waals surface area (Å²) in [5, 5.41) is 2.82. The highest BCUT2D eigenvalue weighted by Gasteiger charge is 2.31. The number of fused-ring (bicyclic) bond motifs is 1. The zero-order chi connectivity index (χ0) is 24.1. The van der Waals surface area contributed by atoms with Crippen LogP contribution in [0.25, 0.3) is 0 Å². The van der Waals surface area contributed by atoms with E-state index in [4.69, 9.17) is 9.47 Å². The third-order valence-electron chi connectivity index (χ3n) is 6.11. The Morgan fingerprint density at radius 2 is 1.71 bits per heavy atom. The Labute approximate surface area is 200 Å². The molecule has 34 heavy (non-hydrogen) atoms. The molecule has 0 saturated heterocycles. The molecule has 4 rings (SSSR count). The van der Waals surface area contributed by atoms with Crippen LogP contribution in [0.4, 0.5) is 5.69 Å². The maximum Gasteiger partial charge on any atom is 0.262 e. The maximum absolute atomic E-state index is 12.8. The van der Waals surface area contributed by atoms with Crippen LogP contribution in [0.15, 0.2) is 66.7 Å². The quantitative estimate of drug-likeness (QED) is 0.547. The van der Waals surface area contributed by atoms with Crippen molar-refractivity contribution in [1.82, 2.24) is 4.90 Å². The van der Waals surface area contributed by atoms with Crippen LogP contribution in [-0.4, -0.2) is 37.0 Å². The second-order valence-electron chi connectivity index (χ2n) is 8.43. The summed E-state index contributed by atoms with van der Waals surface area (Å²) in [5.74, 6) is 1.20. The van der Waals surface area contributed by atoms with Crippen molar-refractivity contribution in [3.63, 3.8) is 0 Å². The Bertz CT molecular complexity index is 1160. The van der Waals surface area contributed by atoms with Gasteiger partial charge in [0.05, 0.1) is 13.2 Å². The second kappa shape index (κ2) is 10.4. The summed E-state index contributed by atoms with van der Waals surface area (Å²) in [6.45, 7) is 4.52. The monoisotopic (exact) mass is 458 g/mol. The molecule has 1 unspecified atom stereocenters. The van der Waals surface area contributed by atoms with Crippen LogP contribution in [0.2, 0.25) is 0 Å². The van der Waals surface area contributed by atoms with Crippen LogP contribution < -0.4 is 14.8 Å². The summed E-state index contributed by atoms with van der Waals surface area (Å²) in [4.78, 5) is 27.1. The number of methoxy groups -OCH3 is 1. The molecule has 0 aromatic heterocycles. The normalized spacial score (nSPS) is 14.8. The summed E-state index contributed by atoms with van der Waals surface area (Å²) in [5.41, 5.74) is 5.16. The fourth-order valence-corrected chi connectivity index (χ4v) is 4.28. The molecule has 1 atom stereocenters. The molecule has 176 valence electrons. The van der Waals surface area contributed by atoms with Gasteiger partial charge in [0, 0.05) is 18.7 Å². The Hall–Kier alpha value is -3.80. The molecule has 1 N–H and O–H groups in total. The number of aryl methyl sites for hydroxylation is 1. The second-order valence-corrected chi connectivity index (χ2v) is 8.43. The first kappa shape index (κ1) is 23.4. The van der Waals surface area contributed by atoms with E-state index in [-0.39, 0.29) is 24.5 Å². The zero-order valence-corrected chi connectivity index (χ0v) is 19.8. The molecular weight excluding hydrogens is 428 g/mol. The third kappa shape index (κ3) is 5.22. The number of nitrogens with zero attached hydrogens (tertiary/aromatic N) is 1. The molecule has 6 heteroatoms. The van der Waals surface area contributed by atoms with Gasteiger partial charge in [-0.2, -0.15) is 0 Å². The summed E-state index contributed by atoms with van der Waals surface area (Å²) >= 11 is 0. The van der Waals surface area contributed by atoms with E-state index in [0.29, 0.717) is 24.4 Å². The smallest absolute Gasteiger partial charge is 0.262 e. The molecule has 2 amide bonds. The van der Waals surface area contributed by atoms with Gasteiger partial charge in [-0.3, -0.25) is 9.59 Å². The van der Waals surface area contributed by atoms with Gasteiger partial charge in [-0.25, -0.2) is 0 Å². The first-order valence-corrected chi connectivity index (χ1v) is 11.5. The number of rotatable bonds is 7. The number of benzene rings is 3. The van der Waals surface area contributed by atoms with Crippen LogP contribution in [0, 0.1) is 6.92 Å². The van der Waals surface area contributed by atoms with Crippen molar-refractivity contribution >= 4 is 17.5 Å². The Morgan fingerprint density at radius 3 is 2.38 bits per heavy atom. The van der Waals surface area contributed by atoms with Crippen molar-refractivity contribution in [2.75, 3.05) is 25.6 Å². The summed E-state index contributed by atoms with van der Waals surface area (Å²) in [6.07, 6.45) is 1.25. The van der Waals surface area contributed by atoms with E-state index in [1.54, 1.807) is 31.4 Å². The van der Waals surface area contributed by atoms with Gasteiger partial charge in [0.2, 0.25) is 5.91 Å². The Balaban J connectivity index is 1.53. The van der Waals surface area contributed by atoms with Gasteiger partial charge in [0.1, 0.15) is 11.5 Å². The SMILES string of the molecule is CCC(=O)N1CCc2ccc(OCC(=O)Nc3ccc(OC)cc3)cc2C1c1ccc(C)cc1. The molecule has 0 saturated carbocycles. The van der Waals surface area contributed by atoms with Crippen LogP contribution >= 0.6 is 0 Å². The number of anilines is 1. The van der Waals surface area contributed by atoms with E-state index in [0.717, 1.165) is 23.3 Å². The zero-order valence-electron chi connectivity index (χ0n) is 19.8. The topological polar surface area (TPSA) is 67.9 Å². The first-order chi connectivity index (χ1) is 16.5. The lowest BCUT2D eigenvalue weighted by Crippen LogP contribution is -2.40. The number of carbonyl (C=O) groups is 2. The fourth-order valence-electron chi connectivity index (χ4n) is 4.28. The van der Waals surface area contributed by atoms with E-state index >= 15 is 0 Å².